The number of rotatable bonds is 3. The molecule has 0 amide bonds. The molecular weight excluding hydrogens is 240 g/mol. The molecule has 1 aromatic carbocycles. The van der Waals surface area contributed by atoms with E-state index >= 15 is 0 Å². The van der Waals surface area contributed by atoms with Crippen LogP contribution in [0.5, 0.6) is 5.75 Å². The van der Waals surface area contributed by atoms with Gasteiger partial charge in [0.2, 0.25) is 0 Å². The number of hydrogen-bond donors (Lipinski definition) is 0. The third-order valence-electron chi connectivity index (χ3n) is 1.98. The number of benzene rings is 1. The van der Waals surface area contributed by atoms with Crippen LogP contribution in [0.4, 0.5) is 0 Å². The van der Waals surface area contributed by atoms with E-state index in [-0.39, 0.29) is 0 Å². The molecule has 0 heterocycles. The standard InChI is InChI=1S/C12H15BrO/c1-8-5-9(2)12(10(3)6-8)14-7-11(4)13/h5-6H,4,7H2,1-3H3. The third kappa shape index (κ3) is 2.88. The summed E-state index contributed by atoms with van der Waals surface area (Å²) < 4.78 is 6.50. The molecule has 0 aliphatic rings. The van der Waals surface area contributed by atoms with Crippen LogP contribution in [0.25, 0.3) is 0 Å². The molecule has 14 heavy (non-hydrogen) atoms. The zero-order valence-electron chi connectivity index (χ0n) is 8.86. The summed E-state index contributed by atoms with van der Waals surface area (Å²) in [4.78, 5) is 0. The lowest BCUT2D eigenvalue weighted by Crippen LogP contribution is -2.00. The molecule has 0 N–H and O–H groups in total. The first-order chi connectivity index (χ1) is 6.50. The predicted molar refractivity (Wildman–Crippen MR) is 64.2 cm³/mol. The molecule has 0 saturated heterocycles. The van der Waals surface area contributed by atoms with Crippen molar-refractivity contribution in [2.24, 2.45) is 0 Å². The van der Waals surface area contributed by atoms with Crippen LogP contribution in [0.2, 0.25) is 0 Å². The first-order valence-electron chi connectivity index (χ1n) is 4.54. The van der Waals surface area contributed by atoms with E-state index in [0.29, 0.717) is 6.61 Å². The van der Waals surface area contributed by atoms with Crippen molar-refractivity contribution >= 4 is 15.9 Å². The van der Waals surface area contributed by atoms with Crippen LogP contribution in [0.15, 0.2) is 23.2 Å². The fourth-order valence-electron chi connectivity index (χ4n) is 1.54. The fourth-order valence-corrected chi connectivity index (χ4v) is 1.66. The van der Waals surface area contributed by atoms with E-state index in [4.69, 9.17) is 4.74 Å². The number of halogens is 1. The van der Waals surface area contributed by atoms with E-state index in [9.17, 15) is 0 Å². The van der Waals surface area contributed by atoms with E-state index in [1.165, 1.54) is 16.7 Å². The van der Waals surface area contributed by atoms with Gasteiger partial charge in [0, 0.05) is 4.48 Å². The molecule has 0 bridgehead atoms. The Labute approximate surface area is 93.9 Å². The molecule has 0 saturated carbocycles. The number of ether oxygens (including phenoxy) is 1. The largest absolute Gasteiger partial charge is 0.488 e. The summed E-state index contributed by atoms with van der Waals surface area (Å²) in [6.07, 6.45) is 0. The van der Waals surface area contributed by atoms with Crippen LogP contribution in [0.1, 0.15) is 16.7 Å². The zero-order chi connectivity index (χ0) is 10.7. The van der Waals surface area contributed by atoms with E-state index in [0.717, 1.165) is 10.2 Å². The number of hydrogen-bond acceptors (Lipinski definition) is 1. The highest BCUT2D eigenvalue weighted by atomic mass is 79.9. The quantitative estimate of drug-likeness (QED) is 0.795. The highest BCUT2D eigenvalue weighted by Gasteiger charge is 2.04. The fraction of sp³-hybridized carbons (Fsp3) is 0.333. The van der Waals surface area contributed by atoms with Crippen molar-refractivity contribution < 1.29 is 4.74 Å². The Morgan fingerprint density at radius 1 is 1.29 bits per heavy atom. The van der Waals surface area contributed by atoms with Gasteiger partial charge in [0.1, 0.15) is 12.4 Å². The maximum absolute atomic E-state index is 5.64. The summed E-state index contributed by atoms with van der Waals surface area (Å²) in [6, 6.07) is 4.25. The lowest BCUT2D eigenvalue weighted by Gasteiger charge is -2.12. The van der Waals surface area contributed by atoms with Crippen LogP contribution in [-0.2, 0) is 0 Å². The van der Waals surface area contributed by atoms with Gasteiger partial charge in [0.25, 0.3) is 0 Å². The lowest BCUT2D eigenvalue weighted by molar-refractivity contribution is 0.355. The maximum atomic E-state index is 5.64. The molecule has 0 aliphatic heterocycles. The summed E-state index contributed by atoms with van der Waals surface area (Å²) in [7, 11) is 0. The highest BCUT2D eigenvalue weighted by molar-refractivity contribution is 9.11. The zero-order valence-corrected chi connectivity index (χ0v) is 10.4. The summed E-state index contributed by atoms with van der Waals surface area (Å²) >= 11 is 3.28. The average Bonchev–Trinajstić information content (AvgIpc) is 2.01. The minimum absolute atomic E-state index is 0.519. The van der Waals surface area contributed by atoms with Crippen molar-refractivity contribution in [3.63, 3.8) is 0 Å². The Kier molecular flexibility index (Phi) is 3.76. The molecule has 0 radical (unpaired) electrons. The normalized spacial score (nSPS) is 10.0. The maximum Gasteiger partial charge on any atom is 0.125 e. The van der Waals surface area contributed by atoms with Gasteiger partial charge < -0.3 is 4.74 Å². The Balaban J connectivity index is 2.91. The van der Waals surface area contributed by atoms with Gasteiger partial charge in [0.05, 0.1) is 0 Å². The average molecular weight is 255 g/mol. The van der Waals surface area contributed by atoms with Gasteiger partial charge in [-0.05, 0) is 31.9 Å². The topological polar surface area (TPSA) is 9.23 Å². The predicted octanol–water partition coefficient (Wildman–Crippen LogP) is 3.90. The third-order valence-corrected chi connectivity index (χ3v) is 2.21. The van der Waals surface area contributed by atoms with Crippen molar-refractivity contribution in [1.29, 1.82) is 0 Å². The Hall–Kier alpha value is -0.760. The van der Waals surface area contributed by atoms with Gasteiger partial charge in [-0.15, -0.1) is 0 Å². The van der Waals surface area contributed by atoms with E-state index in [2.05, 4.69) is 55.4 Å². The molecule has 0 aromatic heterocycles. The molecule has 0 atom stereocenters. The molecule has 2 heteroatoms. The van der Waals surface area contributed by atoms with Gasteiger partial charge in [-0.3, -0.25) is 0 Å². The SMILES string of the molecule is C=C(Br)COc1c(C)cc(C)cc1C. The lowest BCUT2D eigenvalue weighted by atomic mass is 10.1. The second-order valence-corrected chi connectivity index (χ2v) is 4.66. The molecule has 76 valence electrons. The summed E-state index contributed by atoms with van der Waals surface area (Å²) in [5.74, 6) is 0.969. The molecule has 1 nitrogen and oxygen atoms in total. The van der Waals surface area contributed by atoms with Crippen molar-refractivity contribution in [3.8, 4) is 5.75 Å². The van der Waals surface area contributed by atoms with E-state index < -0.39 is 0 Å². The molecule has 0 fully saturated rings. The van der Waals surface area contributed by atoms with Crippen LogP contribution in [0, 0.1) is 20.8 Å². The van der Waals surface area contributed by atoms with Crippen molar-refractivity contribution in [2.75, 3.05) is 6.61 Å². The Bertz CT molecular complexity index is 332. The molecule has 1 aromatic rings. The van der Waals surface area contributed by atoms with Gasteiger partial charge in [-0.1, -0.05) is 40.2 Å². The van der Waals surface area contributed by atoms with Gasteiger partial charge in [-0.2, -0.15) is 0 Å². The second kappa shape index (κ2) is 4.65. The van der Waals surface area contributed by atoms with Crippen molar-refractivity contribution in [3.05, 3.63) is 39.9 Å². The second-order valence-electron chi connectivity index (χ2n) is 3.53. The van der Waals surface area contributed by atoms with Crippen molar-refractivity contribution in [1.82, 2.24) is 0 Å². The smallest absolute Gasteiger partial charge is 0.125 e. The molecule has 0 aliphatic carbocycles. The Morgan fingerprint density at radius 3 is 2.21 bits per heavy atom. The molecular formula is C12H15BrO. The summed E-state index contributed by atoms with van der Waals surface area (Å²) in [6.45, 7) is 10.5. The van der Waals surface area contributed by atoms with E-state index in [1.54, 1.807) is 0 Å². The molecule has 0 spiro atoms. The summed E-state index contributed by atoms with van der Waals surface area (Å²) in [5, 5.41) is 0. The van der Waals surface area contributed by atoms with Gasteiger partial charge in [-0.25, -0.2) is 0 Å². The minimum atomic E-state index is 0.519. The van der Waals surface area contributed by atoms with Gasteiger partial charge in [0.15, 0.2) is 0 Å². The van der Waals surface area contributed by atoms with Crippen LogP contribution >= 0.6 is 15.9 Å². The van der Waals surface area contributed by atoms with Crippen LogP contribution < -0.4 is 4.74 Å². The first-order valence-corrected chi connectivity index (χ1v) is 5.34. The van der Waals surface area contributed by atoms with E-state index in [1.807, 2.05) is 0 Å². The Morgan fingerprint density at radius 2 is 1.79 bits per heavy atom. The van der Waals surface area contributed by atoms with Crippen LogP contribution in [-0.4, -0.2) is 6.61 Å². The number of aryl methyl sites for hydroxylation is 3. The summed E-state index contributed by atoms with van der Waals surface area (Å²) in [5.41, 5.74) is 3.62. The minimum Gasteiger partial charge on any atom is -0.488 e. The van der Waals surface area contributed by atoms with Crippen molar-refractivity contribution in [2.45, 2.75) is 20.8 Å². The van der Waals surface area contributed by atoms with Crippen LogP contribution in [0.3, 0.4) is 0 Å². The highest BCUT2D eigenvalue weighted by Crippen LogP contribution is 2.25. The first kappa shape index (κ1) is 11.3. The molecule has 1 rings (SSSR count). The monoisotopic (exact) mass is 254 g/mol. The molecule has 0 unspecified atom stereocenters. The van der Waals surface area contributed by atoms with Gasteiger partial charge >= 0.3 is 0 Å².